The van der Waals surface area contributed by atoms with Crippen LogP contribution < -0.4 is 5.32 Å². The molecule has 0 radical (unpaired) electrons. The van der Waals surface area contributed by atoms with E-state index in [0.29, 0.717) is 24.8 Å². The van der Waals surface area contributed by atoms with E-state index in [4.69, 9.17) is 4.52 Å². The molecule has 1 N–H and O–H groups in total. The lowest BCUT2D eigenvalue weighted by Gasteiger charge is -2.16. The average Bonchev–Trinajstić information content (AvgIpc) is 3.12. The molecule has 1 aromatic carbocycles. The van der Waals surface area contributed by atoms with E-state index in [1.165, 1.54) is 0 Å². The molecule has 0 saturated carbocycles. The molecule has 7 heteroatoms. The van der Waals surface area contributed by atoms with E-state index in [2.05, 4.69) is 15.5 Å². The number of carbonyl (C=O) groups is 2. The molecule has 7 nitrogen and oxygen atoms in total. The molecule has 2 heterocycles. The van der Waals surface area contributed by atoms with E-state index in [0.717, 1.165) is 5.56 Å². The summed E-state index contributed by atoms with van der Waals surface area (Å²) in [5.74, 6) is 0.392. The Kier molecular flexibility index (Phi) is 4.36. The van der Waals surface area contributed by atoms with Crippen molar-refractivity contribution >= 4 is 11.8 Å². The molecule has 120 valence electrons. The van der Waals surface area contributed by atoms with Crippen molar-refractivity contribution in [2.75, 3.05) is 6.54 Å². The van der Waals surface area contributed by atoms with Crippen LogP contribution in [0.15, 0.2) is 34.9 Å². The van der Waals surface area contributed by atoms with E-state index >= 15 is 0 Å². The second-order valence-electron chi connectivity index (χ2n) is 5.61. The van der Waals surface area contributed by atoms with Crippen LogP contribution in [-0.2, 0) is 22.7 Å². The normalized spacial score (nSPS) is 17.5. The molecule has 1 aromatic heterocycles. The fraction of sp³-hybridized carbons (Fsp3) is 0.375. The van der Waals surface area contributed by atoms with Gasteiger partial charge in [0.1, 0.15) is 0 Å². The van der Waals surface area contributed by atoms with Gasteiger partial charge in [0.25, 0.3) is 0 Å². The summed E-state index contributed by atoms with van der Waals surface area (Å²) in [7, 11) is 0. The third-order valence-corrected chi connectivity index (χ3v) is 3.79. The lowest BCUT2D eigenvalue weighted by molar-refractivity contribution is -0.129. The Morgan fingerprint density at radius 1 is 1.39 bits per heavy atom. The van der Waals surface area contributed by atoms with Crippen molar-refractivity contribution < 1.29 is 14.1 Å². The summed E-state index contributed by atoms with van der Waals surface area (Å²) in [5.41, 5.74) is 1.06. The van der Waals surface area contributed by atoms with Gasteiger partial charge in [0.05, 0.1) is 12.5 Å². The van der Waals surface area contributed by atoms with Crippen LogP contribution in [0.2, 0.25) is 0 Å². The third-order valence-electron chi connectivity index (χ3n) is 3.79. The van der Waals surface area contributed by atoms with Crippen molar-refractivity contribution in [3.05, 3.63) is 47.6 Å². The van der Waals surface area contributed by atoms with Gasteiger partial charge in [-0.1, -0.05) is 35.5 Å². The van der Waals surface area contributed by atoms with Gasteiger partial charge in [-0.05, 0) is 12.5 Å². The zero-order valence-corrected chi connectivity index (χ0v) is 12.9. The van der Waals surface area contributed by atoms with Crippen LogP contribution in [0, 0.1) is 12.8 Å². The molecule has 0 spiro atoms. The first-order valence-electron chi connectivity index (χ1n) is 7.50. The van der Waals surface area contributed by atoms with E-state index < -0.39 is 0 Å². The van der Waals surface area contributed by atoms with Crippen molar-refractivity contribution in [3.63, 3.8) is 0 Å². The van der Waals surface area contributed by atoms with Gasteiger partial charge < -0.3 is 14.7 Å². The van der Waals surface area contributed by atoms with Crippen molar-refractivity contribution in [1.82, 2.24) is 20.4 Å². The summed E-state index contributed by atoms with van der Waals surface area (Å²) in [6.45, 7) is 2.86. The zero-order valence-electron chi connectivity index (χ0n) is 12.9. The number of nitrogens with zero attached hydrogens (tertiary/aromatic N) is 3. The predicted octanol–water partition coefficient (Wildman–Crippen LogP) is 1.04. The summed E-state index contributed by atoms with van der Waals surface area (Å²) in [4.78, 5) is 30.0. The highest BCUT2D eigenvalue weighted by atomic mass is 16.5. The number of rotatable bonds is 5. The lowest BCUT2D eigenvalue weighted by atomic mass is 10.1. The van der Waals surface area contributed by atoms with Crippen LogP contribution in [0.1, 0.15) is 23.7 Å². The second kappa shape index (κ2) is 6.60. The number of hydrogen-bond donors (Lipinski definition) is 1. The monoisotopic (exact) mass is 314 g/mol. The Balaban J connectivity index is 1.53. The van der Waals surface area contributed by atoms with Gasteiger partial charge in [0.2, 0.25) is 17.7 Å². The van der Waals surface area contributed by atoms with Crippen molar-refractivity contribution in [3.8, 4) is 0 Å². The zero-order chi connectivity index (χ0) is 16.2. The Labute approximate surface area is 133 Å². The molecule has 23 heavy (non-hydrogen) atoms. The maximum absolute atomic E-state index is 12.2. The third kappa shape index (κ3) is 3.74. The molecular weight excluding hydrogens is 296 g/mol. The van der Waals surface area contributed by atoms with Crippen LogP contribution in [-0.4, -0.2) is 33.4 Å². The van der Waals surface area contributed by atoms with Crippen molar-refractivity contribution in [1.29, 1.82) is 0 Å². The van der Waals surface area contributed by atoms with Crippen LogP contribution in [0.4, 0.5) is 0 Å². The first kappa shape index (κ1) is 15.2. The van der Waals surface area contributed by atoms with Gasteiger partial charge in [-0.2, -0.15) is 4.98 Å². The molecule has 1 atom stereocenters. The minimum Gasteiger partial charge on any atom is -0.347 e. The Morgan fingerprint density at radius 3 is 2.87 bits per heavy atom. The molecule has 3 rings (SSSR count). The maximum Gasteiger partial charge on any atom is 0.246 e. The number of nitrogens with one attached hydrogen (secondary N) is 1. The molecule has 0 bridgehead atoms. The number of likely N-dealkylation sites (tertiary alicyclic amines) is 1. The number of amides is 2. The first-order chi connectivity index (χ1) is 11.1. The fourth-order valence-corrected chi connectivity index (χ4v) is 2.62. The Morgan fingerprint density at radius 2 is 2.17 bits per heavy atom. The fourth-order valence-electron chi connectivity index (χ4n) is 2.62. The number of aryl methyl sites for hydroxylation is 1. The van der Waals surface area contributed by atoms with Crippen LogP contribution in [0.3, 0.4) is 0 Å². The van der Waals surface area contributed by atoms with Gasteiger partial charge in [0.15, 0.2) is 5.82 Å². The highest BCUT2D eigenvalue weighted by Crippen LogP contribution is 2.20. The van der Waals surface area contributed by atoms with Gasteiger partial charge >= 0.3 is 0 Å². The van der Waals surface area contributed by atoms with E-state index in [9.17, 15) is 9.59 Å². The maximum atomic E-state index is 12.2. The van der Waals surface area contributed by atoms with Gasteiger partial charge in [0, 0.05) is 19.5 Å². The van der Waals surface area contributed by atoms with Crippen molar-refractivity contribution in [2.45, 2.75) is 26.4 Å². The number of benzene rings is 1. The summed E-state index contributed by atoms with van der Waals surface area (Å²) >= 11 is 0. The van der Waals surface area contributed by atoms with Gasteiger partial charge in [-0.25, -0.2) is 0 Å². The summed E-state index contributed by atoms with van der Waals surface area (Å²) < 4.78 is 4.95. The topological polar surface area (TPSA) is 88.3 Å². The predicted molar refractivity (Wildman–Crippen MR) is 80.8 cm³/mol. The van der Waals surface area contributed by atoms with E-state index in [-0.39, 0.29) is 30.7 Å². The lowest BCUT2D eigenvalue weighted by Crippen LogP contribution is -2.32. The highest BCUT2D eigenvalue weighted by Gasteiger charge is 2.34. The van der Waals surface area contributed by atoms with Gasteiger partial charge in [-0.15, -0.1) is 0 Å². The quantitative estimate of drug-likeness (QED) is 0.891. The smallest absolute Gasteiger partial charge is 0.246 e. The molecule has 0 aliphatic carbocycles. The number of hydrogen-bond acceptors (Lipinski definition) is 5. The Hall–Kier alpha value is -2.70. The second-order valence-corrected chi connectivity index (χ2v) is 5.61. The Bertz CT molecular complexity index is 698. The average molecular weight is 314 g/mol. The molecule has 1 aliphatic heterocycles. The molecule has 1 fully saturated rings. The molecule has 1 aliphatic rings. The molecule has 1 unspecified atom stereocenters. The summed E-state index contributed by atoms with van der Waals surface area (Å²) in [6.07, 6.45) is 0.238. The summed E-state index contributed by atoms with van der Waals surface area (Å²) in [5, 5.41) is 6.41. The van der Waals surface area contributed by atoms with Gasteiger partial charge in [-0.3, -0.25) is 9.59 Å². The highest BCUT2D eigenvalue weighted by molar-refractivity contribution is 5.89. The first-order valence-corrected chi connectivity index (χ1v) is 7.50. The minimum atomic E-state index is -0.338. The van der Waals surface area contributed by atoms with E-state index in [1.54, 1.807) is 11.8 Å². The van der Waals surface area contributed by atoms with Crippen molar-refractivity contribution in [2.24, 2.45) is 5.92 Å². The number of carbonyl (C=O) groups excluding carboxylic acids is 2. The SMILES string of the molecule is Cc1noc(CNC(=O)C2CC(=O)N(Cc3ccccc3)C2)n1. The molecule has 1 saturated heterocycles. The van der Waals surface area contributed by atoms with Crippen LogP contribution >= 0.6 is 0 Å². The largest absolute Gasteiger partial charge is 0.347 e. The number of aromatic nitrogens is 2. The van der Waals surface area contributed by atoms with Crippen LogP contribution in [0.5, 0.6) is 0 Å². The van der Waals surface area contributed by atoms with E-state index in [1.807, 2.05) is 30.3 Å². The standard InChI is InChI=1S/C16H18N4O3/c1-11-18-14(23-19-11)8-17-16(22)13-7-15(21)20(10-13)9-12-5-3-2-4-6-12/h2-6,13H,7-10H2,1H3,(H,17,22). The molecule has 2 aromatic rings. The van der Waals surface area contributed by atoms with Crippen LogP contribution in [0.25, 0.3) is 0 Å². The molecule has 2 amide bonds. The molecular formula is C16H18N4O3. The summed E-state index contributed by atoms with van der Waals surface area (Å²) in [6, 6.07) is 9.75. The minimum absolute atomic E-state index is 0.00244.